The normalized spacial score (nSPS) is 12.3. The fourth-order valence-electron chi connectivity index (χ4n) is 1.22. The Bertz CT molecular complexity index is 372. The second kappa shape index (κ2) is 5.29. The molecule has 0 heterocycles. The molecule has 0 fully saturated rings. The highest BCUT2D eigenvalue weighted by atomic mass is 35.5. The van der Waals surface area contributed by atoms with Crippen LogP contribution in [0.4, 0.5) is 4.39 Å². The van der Waals surface area contributed by atoms with Crippen LogP contribution >= 0.6 is 11.6 Å². The van der Waals surface area contributed by atoms with E-state index in [0.29, 0.717) is 10.6 Å². The lowest BCUT2D eigenvalue weighted by molar-refractivity contribution is 0.320. The van der Waals surface area contributed by atoms with Gasteiger partial charge >= 0.3 is 0 Å². The Morgan fingerprint density at radius 1 is 1.53 bits per heavy atom. The van der Waals surface area contributed by atoms with Crippen LogP contribution in [0.5, 0.6) is 0 Å². The molecule has 0 aliphatic heterocycles. The average Bonchev–Trinajstić information content (AvgIpc) is 2.18. The number of aliphatic hydroxyl groups is 1. The highest BCUT2D eigenvalue weighted by molar-refractivity contribution is 6.30. The first kappa shape index (κ1) is 12.2. The van der Waals surface area contributed by atoms with Gasteiger partial charge in [0, 0.05) is 10.6 Å². The summed E-state index contributed by atoms with van der Waals surface area (Å²) in [4.78, 5) is 0. The van der Waals surface area contributed by atoms with Gasteiger partial charge in [0.15, 0.2) is 0 Å². The van der Waals surface area contributed by atoms with Gasteiger partial charge in [0.05, 0.1) is 6.61 Å². The molecule has 0 aliphatic rings. The van der Waals surface area contributed by atoms with Gasteiger partial charge in [0.25, 0.3) is 0 Å². The van der Waals surface area contributed by atoms with Crippen molar-refractivity contribution in [2.75, 3.05) is 6.61 Å². The monoisotopic (exact) mass is 228 g/mol. The maximum absolute atomic E-state index is 13.3. The topological polar surface area (TPSA) is 20.2 Å². The highest BCUT2D eigenvalue weighted by Gasteiger charge is 2.05. The summed E-state index contributed by atoms with van der Waals surface area (Å²) in [7, 11) is 0. The van der Waals surface area contributed by atoms with Gasteiger partial charge in [-0.2, -0.15) is 0 Å². The van der Waals surface area contributed by atoms with Crippen molar-refractivity contribution in [2.24, 2.45) is 5.92 Å². The van der Waals surface area contributed by atoms with Gasteiger partial charge in [0.1, 0.15) is 5.82 Å². The van der Waals surface area contributed by atoms with Gasteiger partial charge in [-0.05, 0) is 29.7 Å². The Hall–Kier alpha value is -0.860. The molecule has 82 valence electrons. The second-order valence-corrected chi connectivity index (χ2v) is 4.13. The Kier molecular flexibility index (Phi) is 4.30. The zero-order valence-corrected chi connectivity index (χ0v) is 9.55. The van der Waals surface area contributed by atoms with Crippen LogP contribution < -0.4 is 0 Å². The molecule has 0 aromatic heterocycles. The van der Waals surface area contributed by atoms with Gasteiger partial charge in [-0.25, -0.2) is 4.39 Å². The van der Waals surface area contributed by atoms with Crippen LogP contribution in [0, 0.1) is 11.7 Å². The molecule has 15 heavy (non-hydrogen) atoms. The van der Waals surface area contributed by atoms with Crippen LogP contribution in [0.1, 0.15) is 19.4 Å². The van der Waals surface area contributed by atoms with Crippen LogP contribution in [-0.4, -0.2) is 11.7 Å². The smallest absolute Gasteiger partial charge is 0.130 e. The van der Waals surface area contributed by atoms with E-state index < -0.39 is 0 Å². The molecule has 0 saturated heterocycles. The number of aliphatic hydroxyl groups excluding tert-OH is 1. The maximum Gasteiger partial charge on any atom is 0.130 e. The van der Waals surface area contributed by atoms with Crippen LogP contribution in [0.15, 0.2) is 23.8 Å². The Morgan fingerprint density at radius 3 is 2.73 bits per heavy atom. The molecule has 0 atom stereocenters. The summed E-state index contributed by atoms with van der Waals surface area (Å²) >= 11 is 5.76. The fourth-order valence-corrected chi connectivity index (χ4v) is 1.40. The van der Waals surface area contributed by atoms with Crippen molar-refractivity contribution < 1.29 is 9.50 Å². The third kappa shape index (κ3) is 3.33. The third-order valence-electron chi connectivity index (χ3n) is 2.22. The standard InChI is InChI=1S/C12H14ClFO/c1-8(2)10(7-15)5-9-6-11(13)3-4-12(9)14/h3-6,8,15H,7H2,1-2H3/b10-5+. The van der Waals surface area contributed by atoms with Gasteiger partial charge in [-0.15, -0.1) is 0 Å². The molecule has 0 radical (unpaired) electrons. The fraction of sp³-hybridized carbons (Fsp3) is 0.333. The maximum atomic E-state index is 13.3. The summed E-state index contributed by atoms with van der Waals surface area (Å²) in [6.07, 6.45) is 1.64. The summed E-state index contributed by atoms with van der Waals surface area (Å²) in [5.74, 6) is -0.139. The van der Waals surface area contributed by atoms with E-state index in [1.165, 1.54) is 12.1 Å². The predicted molar refractivity (Wildman–Crippen MR) is 61.3 cm³/mol. The molecule has 0 saturated carbocycles. The third-order valence-corrected chi connectivity index (χ3v) is 2.46. The zero-order chi connectivity index (χ0) is 11.4. The Labute approximate surface area is 94.2 Å². The van der Waals surface area contributed by atoms with E-state index >= 15 is 0 Å². The molecule has 0 bridgehead atoms. The summed E-state index contributed by atoms with van der Waals surface area (Å²) in [5, 5.41) is 9.58. The first-order chi connectivity index (χ1) is 7.04. The quantitative estimate of drug-likeness (QED) is 0.840. The van der Waals surface area contributed by atoms with Crippen LogP contribution in [-0.2, 0) is 0 Å². The van der Waals surface area contributed by atoms with Crippen molar-refractivity contribution in [3.8, 4) is 0 Å². The van der Waals surface area contributed by atoms with Crippen molar-refractivity contribution in [1.82, 2.24) is 0 Å². The van der Waals surface area contributed by atoms with E-state index in [4.69, 9.17) is 16.7 Å². The van der Waals surface area contributed by atoms with Gasteiger partial charge in [0.2, 0.25) is 0 Å². The van der Waals surface area contributed by atoms with Gasteiger partial charge < -0.3 is 5.11 Å². The number of halogens is 2. The SMILES string of the molecule is CC(C)/C(=C/c1cc(Cl)ccc1F)CO. The zero-order valence-electron chi connectivity index (χ0n) is 8.80. The second-order valence-electron chi connectivity index (χ2n) is 3.70. The lowest BCUT2D eigenvalue weighted by Gasteiger charge is -2.08. The average molecular weight is 229 g/mol. The van der Waals surface area contributed by atoms with Crippen LogP contribution in [0.25, 0.3) is 6.08 Å². The molecule has 3 heteroatoms. The number of benzene rings is 1. The minimum absolute atomic E-state index is 0.0659. The molecule has 1 rings (SSSR count). The van der Waals surface area contributed by atoms with Crippen LogP contribution in [0.2, 0.25) is 5.02 Å². The van der Waals surface area contributed by atoms with Crippen LogP contribution in [0.3, 0.4) is 0 Å². The molecule has 0 unspecified atom stereocenters. The molecule has 0 amide bonds. The molecular formula is C12H14ClFO. The van der Waals surface area contributed by atoms with E-state index in [1.54, 1.807) is 12.1 Å². The highest BCUT2D eigenvalue weighted by Crippen LogP contribution is 2.20. The lowest BCUT2D eigenvalue weighted by Crippen LogP contribution is -1.99. The molecular weight excluding hydrogens is 215 g/mol. The minimum Gasteiger partial charge on any atom is -0.392 e. The van der Waals surface area contributed by atoms with Crippen molar-refractivity contribution in [3.05, 3.63) is 40.2 Å². The molecule has 1 aromatic rings. The molecule has 0 aliphatic carbocycles. The molecule has 1 N–H and O–H groups in total. The number of hydrogen-bond donors (Lipinski definition) is 1. The first-order valence-corrected chi connectivity index (χ1v) is 5.18. The van der Waals surface area contributed by atoms with Crippen molar-refractivity contribution >= 4 is 17.7 Å². The molecule has 1 nitrogen and oxygen atoms in total. The summed E-state index contributed by atoms with van der Waals surface area (Å²) in [6, 6.07) is 4.38. The van der Waals surface area contributed by atoms with Crippen molar-refractivity contribution in [3.63, 3.8) is 0 Å². The number of hydrogen-bond acceptors (Lipinski definition) is 1. The Morgan fingerprint density at radius 2 is 2.20 bits per heavy atom. The Balaban J connectivity index is 3.10. The minimum atomic E-state index is -0.328. The summed E-state index contributed by atoms with van der Waals surface area (Å²) in [6.45, 7) is 3.83. The number of rotatable bonds is 3. The van der Waals surface area contributed by atoms with Crippen molar-refractivity contribution in [2.45, 2.75) is 13.8 Å². The van der Waals surface area contributed by atoms with E-state index in [2.05, 4.69) is 0 Å². The van der Waals surface area contributed by atoms with Gasteiger partial charge in [-0.3, -0.25) is 0 Å². The van der Waals surface area contributed by atoms with E-state index in [0.717, 1.165) is 5.57 Å². The van der Waals surface area contributed by atoms with Crippen molar-refractivity contribution in [1.29, 1.82) is 0 Å². The molecule has 0 spiro atoms. The van der Waals surface area contributed by atoms with E-state index in [9.17, 15) is 4.39 Å². The lowest BCUT2D eigenvalue weighted by atomic mass is 10.0. The largest absolute Gasteiger partial charge is 0.392 e. The molecule has 1 aromatic carbocycles. The van der Waals surface area contributed by atoms with E-state index in [-0.39, 0.29) is 18.3 Å². The first-order valence-electron chi connectivity index (χ1n) is 4.81. The van der Waals surface area contributed by atoms with Gasteiger partial charge in [-0.1, -0.05) is 31.5 Å². The summed E-state index contributed by atoms with van der Waals surface area (Å²) < 4.78 is 13.3. The predicted octanol–water partition coefficient (Wildman–Crippen LogP) is 3.51. The van der Waals surface area contributed by atoms with E-state index in [1.807, 2.05) is 13.8 Å². The summed E-state index contributed by atoms with van der Waals surface area (Å²) in [5.41, 5.74) is 1.21.